The van der Waals surface area contributed by atoms with E-state index in [1.165, 1.54) is 5.56 Å². The molecule has 1 aliphatic heterocycles. The van der Waals surface area contributed by atoms with Crippen molar-refractivity contribution >= 4 is 11.6 Å². The Bertz CT molecular complexity index is 760. The Kier molecular flexibility index (Phi) is 6.60. The third-order valence-electron chi connectivity index (χ3n) is 4.49. The number of nitrogens with zero attached hydrogens (tertiary/aromatic N) is 2. The summed E-state index contributed by atoms with van der Waals surface area (Å²) in [6, 6.07) is 17.6. The van der Waals surface area contributed by atoms with E-state index in [0.29, 0.717) is 5.56 Å². The third kappa shape index (κ3) is 5.93. The zero-order valence-electron chi connectivity index (χ0n) is 16.0. The molecule has 0 bridgehead atoms. The van der Waals surface area contributed by atoms with Crippen molar-refractivity contribution in [3.05, 3.63) is 65.7 Å². The first-order valence-electron chi connectivity index (χ1n) is 9.49. The lowest BCUT2D eigenvalue weighted by Crippen LogP contribution is -2.34. The Balaban J connectivity index is 1.46. The summed E-state index contributed by atoms with van der Waals surface area (Å²) in [7, 11) is 0. The van der Waals surface area contributed by atoms with Crippen LogP contribution in [0, 0.1) is 0 Å². The number of carbonyl (C=O) groups is 1. The van der Waals surface area contributed by atoms with Crippen molar-refractivity contribution in [3.8, 4) is 5.75 Å². The summed E-state index contributed by atoms with van der Waals surface area (Å²) in [5.41, 5.74) is 5.64. The number of hydrogen-bond acceptors (Lipinski definition) is 4. The van der Waals surface area contributed by atoms with Gasteiger partial charge in [-0.2, -0.15) is 5.10 Å². The molecule has 5 nitrogen and oxygen atoms in total. The summed E-state index contributed by atoms with van der Waals surface area (Å²) < 4.78 is 5.59. The highest BCUT2D eigenvalue weighted by atomic mass is 16.5. The molecule has 0 unspecified atom stereocenters. The minimum atomic E-state index is -0.190. The quantitative estimate of drug-likeness (QED) is 0.791. The molecule has 0 radical (unpaired) electrons. The number of hydrazone groups is 1. The number of carbonyl (C=O) groups excluding carboxylic acids is 1. The molecule has 1 amide bonds. The highest BCUT2D eigenvalue weighted by molar-refractivity contribution is 5.95. The fourth-order valence-corrected chi connectivity index (χ4v) is 3.07. The van der Waals surface area contributed by atoms with Gasteiger partial charge in [-0.1, -0.05) is 30.3 Å². The van der Waals surface area contributed by atoms with Crippen molar-refractivity contribution in [2.24, 2.45) is 5.10 Å². The smallest absolute Gasteiger partial charge is 0.271 e. The van der Waals surface area contributed by atoms with Crippen molar-refractivity contribution in [1.82, 2.24) is 10.3 Å². The first kappa shape index (κ1) is 19.1. The molecule has 2 aromatic rings. The first-order chi connectivity index (χ1) is 13.1. The zero-order chi connectivity index (χ0) is 19.1. The molecule has 1 N–H and O–H groups in total. The lowest BCUT2D eigenvalue weighted by molar-refractivity contribution is 0.0954. The van der Waals surface area contributed by atoms with Crippen molar-refractivity contribution in [2.45, 2.75) is 39.3 Å². The van der Waals surface area contributed by atoms with Gasteiger partial charge in [0.1, 0.15) is 5.75 Å². The van der Waals surface area contributed by atoms with Crippen LogP contribution in [0.3, 0.4) is 0 Å². The van der Waals surface area contributed by atoms with Crippen LogP contribution in [-0.2, 0) is 6.54 Å². The van der Waals surface area contributed by atoms with Crippen LogP contribution < -0.4 is 10.2 Å². The van der Waals surface area contributed by atoms with E-state index in [0.717, 1.165) is 43.9 Å². The predicted molar refractivity (Wildman–Crippen MR) is 108 cm³/mol. The SMILES string of the molecule is CC(C)Oc1ccc(C(=O)NN=C2CCN(Cc3ccccc3)CC2)cc1. The molecule has 5 heteroatoms. The lowest BCUT2D eigenvalue weighted by atomic mass is 10.1. The molecule has 1 heterocycles. The van der Waals surface area contributed by atoms with Gasteiger partial charge in [0, 0.05) is 43.8 Å². The van der Waals surface area contributed by atoms with E-state index in [-0.39, 0.29) is 12.0 Å². The first-order valence-corrected chi connectivity index (χ1v) is 9.49. The highest BCUT2D eigenvalue weighted by Crippen LogP contribution is 2.14. The van der Waals surface area contributed by atoms with Crippen LogP contribution in [-0.4, -0.2) is 35.7 Å². The van der Waals surface area contributed by atoms with Crippen molar-refractivity contribution < 1.29 is 9.53 Å². The predicted octanol–water partition coefficient (Wildman–Crippen LogP) is 3.86. The molecule has 2 aromatic carbocycles. The molecular weight excluding hydrogens is 338 g/mol. The molecule has 0 aliphatic carbocycles. The number of amides is 1. The Morgan fingerprint density at radius 3 is 2.37 bits per heavy atom. The fourth-order valence-electron chi connectivity index (χ4n) is 3.07. The van der Waals surface area contributed by atoms with Crippen LogP contribution in [0.25, 0.3) is 0 Å². The number of benzene rings is 2. The normalized spacial score (nSPS) is 14.9. The number of nitrogens with one attached hydrogen (secondary N) is 1. The highest BCUT2D eigenvalue weighted by Gasteiger charge is 2.15. The van der Waals surface area contributed by atoms with Crippen molar-refractivity contribution in [2.75, 3.05) is 13.1 Å². The maximum Gasteiger partial charge on any atom is 0.271 e. The Morgan fingerprint density at radius 2 is 1.74 bits per heavy atom. The topological polar surface area (TPSA) is 53.9 Å². The van der Waals surface area contributed by atoms with Crippen LogP contribution in [0.2, 0.25) is 0 Å². The van der Waals surface area contributed by atoms with Gasteiger partial charge in [-0.3, -0.25) is 9.69 Å². The average Bonchev–Trinajstić information content (AvgIpc) is 2.68. The number of piperidine rings is 1. The van der Waals surface area contributed by atoms with Crippen molar-refractivity contribution in [3.63, 3.8) is 0 Å². The van der Waals surface area contributed by atoms with Crippen LogP contribution >= 0.6 is 0 Å². The van der Waals surface area contributed by atoms with E-state index < -0.39 is 0 Å². The molecule has 0 saturated carbocycles. The summed E-state index contributed by atoms with van der Waals surface area (Å²) in [6.07, 6.45) is 1.88. The molecular formula is C22H27N3O2. The fraction of sp³-hybridized carbons (Fsp3) is 0.364. The molecule has 27 heavy (non-hydrogen) atoms. The van der Waals surface area contributed by atoms with Gasteiger partial charge < -0.3 is 4.74 Å². The minimum absolute atomic E-state index is 0.115. The second-order valence-corrected chi connectivity index (χ2v) is 7.07. The van der Waals surface area contributed by atoms with Gasteiger partial charge in [0.2, 0.25) is 0 Å². The van der Waals surface area contributed by atoms with E-state index in [9.17, 15) is 4.79 Å². The molecule has 0 spiro atoms. The van der Waals surface area contributed by atoms with E-state index in [2.05, 4.69) is 39.7 Å². The Hall–Kier alpha value is -2.66. The molecule has 1 fully saturated rings. The number of hydrogen-bond donors (Lipinski definition) is 1. The number of likely N-dealkylation sites (tertiary alicyclic amines) is 1. The molecule has 0 atom stereocenters. The van der Waals surface area contributed by atoms with Crippen LogP contribution in [0.4, 0.5) is 0 Å². The average molecular weight is 365 g/mol. The zero-order valence-corrected chi connectivity index (χ0v) is 16.0. The lowest BCUT2D eigenvalue weighted by Gasteiger charge is -2.27. The molecule has 0 aromatic heterocycles. The van der Waals surface area contributed by atoms with Gasteiger partial charge >= 0.3 is 0 Å². The summed E-state index contributed by atoms with van der Waals surface area (Å²) >= 11 is 0. The molecule has 1 saturated heterocycles. The summed E-state index contributed by atoms with van der Waals surface area (Å²) in [5, 5.41) is 4.33. The van der Waals surface area contributed by atoms with Gasteiger partial charge in [0.15, 0.2) is 0 Å². The second-order valence-electron chi connectivity index (χ2n) is 7.07. The Morgan fingerprint density at radius 1 is 1.07 bits per heavy atom. The molecule has 3 rings (SSSR count). The summed E-state index contributed by atoms with van der Waals surface area (Å²) in [6.45, 7) is 6.84. The van der Waals surface area contributed by atoms with Gasteiger partial charge in [0.05, 0.1) is 6.10 Å². The van der Waals surface area contributed by atoms with Gasteiger partial charge in [-0.25, -0.2) is 5.43 Å². The minimum Gasteiger partial charge on any atom is -0.491 e. The van der Waals surface area contributed by atoms with E-state index in [1.807, 2.05) is 32.0 Å². The van der Waals surface area contributed by atoms with Gasteiger partial charge in [0.25, 0.3) is 5.91 Å². The largest absolute Gasteiger partial charge is 0.491 e. The Labute approximate surface area is 161 Å². The second kappa shape index (κ2) is 9.33. The van der Waals surface area contributed by atoms with Crippen molar-refractivity contribution in [1.29, 1.82) is 0 Å². The number of rotatable bonds is 6. The third-order valence-corrected chi connectivity index (χ3v) is 4.49. The van der Waals surface area contributed by atoms with Crippen LogP contribution in [0.1, 0.15) is 42.6 Å². The van der Waals surface area contributed by atoms with Crippen LogP contribution in [0.5, 0.6) is 5.75 Å². The maximum atomic E-state index is 12.3. The molecule has 1 aliphatic rings. The summed E-state index contributed by atoms with van der Waals surface area (Å²) in [5.74, 6) is 0.573. The maximum absolute atomic E-state index is 12.3. The molecule has 142 valence electrons. The van der Waals surface area contributed by atoms with E-state index in [4.69, 9.17) is 4.74 Å². The van der Waals surface area contributed by atoms with Gasteiger partial charge in [-0.15, -0.1) is 0 Å². The number of ether oxygens (including phenoxy) is 1. The van der Waals surface area contributed by atoms with E-state index in [1.54, 1.807) is 12.1 Å². The van der Waals surface area contributed by atoms with Gasteiger partial charge in [-0.05, 0) is 43.7 Å². The standard InChI is InChI=1S/C22H27N3O2/c1-17(2)27-21-10-8-19(9-11-21)22(26)24-23-20-12-14-25(15-13-20)16-18-6-4-3-5-7-18/h3-11,17H,12-16H2,1-2H3,(H,24,26). The monoisotopic (exact) mass is 365 g/mol. The summed E-state index contributed by atoms with van der Waals surface area (Å²) in [4.78, 5) is 14.7. The van der Waals surface area contributed by atoms with Crippen LogP contribution in [0.15, 0.2) is 59.7 Å². The van der Waals surface area contributed by atoms with E-state index >= 15 is 0 Å².